The van der Waals surface area contributed by atoms with Crippen LogP contribution in [0, 0.1) is 11.3 Å². The van der Waals surface area contributed by atoms with Gasteiger partial charge in [-0.05, 0) is 45.3 Å². The summed E-state index contributed by atoms with van der Waals surface area (Å²) in [5.41, 5.74) is 2.13. The number of phenols is 1. The Morgan fingerprint density at radius 3 is 2.90 bits per heavy atom. The first-order valence-corrected chi connectivity index (χ1v) is 6.53. The van der Waals surface area contributed by atoms with Gasteiger partial charge in [0.15, 0.2) is 11.5 Å². The molecule has 100 valence electrons. The van der Waals surface area contributed by atoms with Crippen molar-refractivity contribution < 1.29 is 9.84 Å². The molecule has 0 aliphatic rings. The maximum atomic E-state index is 9.74. The topological polar surface area (TPSA) is 66.1 Å². The minimum absolute atomic E-state index is 0.0614. The van der Waals surface area contributed by atoms with E-state index in [4.69, 9.17) is 10.00 Å². The van der Waals surface area contributed by atoms with Crippen molar-refractivity contribution in [1.29, 1.82) is 5.26 Å². The van der Waals surface area contributed by atoms with Gasteiger partial charge in [-0.15, -0.1) is 0 Å². The number of methoxy groups -OCH3 is 1. The molecule has 0 saturated carbocycles. The molecule has 0 aliphatic carbocycles. The summed E-state index contributed by atoms with van der Waals surface area (Å²) in [7, 11) is 1.49. The fraction of sp³-hybridized carbons (Fsp3) is 0.0667. The van der Waals surface area contributed by atoms with Gasteiger partial charge in [0.05, 0.1) is 17.1 Å². The third-order valence-electron chi connectivity index (χ3n) is 2.70. The van der Waals surface area contributed by atoms with Gasteiger partial charge < -0.3 is 9.84 Å². The molecule has 1 aromatic carbocycles. The zero-order valence-electron chi connectivity index (χ0n) is 10.7. The molecule has 2 rings (SSSR count). The number of hydrogen-bond donors (Lipinski definition) is 1. The Labute approximate surface area is 125 Å². The summed E-state index contributed by atoms with van der Waals surface area (Å²) in [5.74, 6) is 0.445. The fourth-order valence-corrected chi connectivity index (χ4v) is 2.14. The number of halogens is 1. The standard InChI is InChI=1S/C15H11BrN2O2/c1-20-14-7-10(6-13(16)15(14)19)2-3-11-4-5-18-9-12(11)8-17/h2-7,9,19H,1H3. The predicted molar refractivity (Wildman–Crippen MR) is 80.2 cm³/mol. The van der Waals surface area contributed by atoms with Crippen molar-refractivity contribution in [2.24, 2.45) is 0 Å². The molecule has 2 aromatic rings. The molecule has 0 unspecified atom stereocenters. The number of pyridine rings is 1. The van der Waals surface area contributed by atoms with Crippen LogP contribution in [0.2, 0.25) is 0 Å². The molecule has 0 radical (unpaired) electrons. The van der Waals surface area contributed by atoms with Gasteiger partial charge in [0.25, 0.3) is 0 Å². The number of nitrogens with zero attached hydrogens (tertiary/aromatic N) is 2. The minimum atomic E-state index is 0.0614. The van der Waals surface area contributed by atoms with Gasteiger partial charge in [-0.25, -0.2) is 0 Å². The van der Waals surface area contributed by atoms with Crippen LogP contribution in [0.25, 0.3) is 12.2 Å². The quantitative estimate of drug-likeness (QED) is 0.933. The van der Waals surface area contributed by atoms with Crippen LogP contribution in [-0.4, -0.2) is 17.2 Å². The van der Waals surface area contributed by atoms with Crippen LogP contribution < -0.4 is 4.74 Å². The number of rotatable bonds is 3. The Bertz CT molecular complexity index is 706. The summed E-state index contributed by atoms with van der Waals surface area (Å²) in [5, 5.41) is 18.7. The maximum Gasteiger partial charge on any atom is 0.172 e. The molecule has 0 amide bonds. The third-order valence-corrected chi connectivity index (χ3v) is 3.31. The Morgan fingerprint density at radius 2 is 2.20 bits per heavy atom. The lowest BCUT2D eigenvalue weighted by molar-refractivity contribution is 0.372. The Balaban J connectivity index is 2.37. The highest BCUT2D eigenvalue weighted by atomic mass is 79.9. The van der Waals surface area contributed by atoms with E-state index in [1.54, 1.807) is 24.4 Å². The summed E-state index contributed by atoms with van der Waals surface area (Å²) in [6.07, 6.45) is 6.81. The van der Waals surface area contributed by atoms with Crippen molar-refractivity contribution in [3.8, 4) is 17.6 Å². The van der Waals surface area contributed by atoms with Crippen LogP contribution in [0.15, 0.2) is 35.1 Å². The van der Waals surface area contributed by atoms with E-state index in [9.17, 15) is 5.11 Å². The van der Waals surface area contributed by atoms with E-state index in [-0.39, 0.29) is 5.75 Å². The third kappa shape index (κ3) is 2.98. The van der Waals surface area contributed by atoms with Crippen molar-refractivity contribution in [3.63, 3.8) is 0 Å². The van der Waals surface area contributed by atoms with Crippen molar-refractivity contribution in [2.75, 3.05) is 7.11 Å². The number of benzene rings is 1. The largest absolute Gasteiger partial charge is 0.503 e. The first-order valence-electron chi connectivity index (χ1n) is 5.74. The summed E-state index contributed by atoms with van der Waals surface area (Å²) in [4.78, 5) is 3.91. The molecule has 0 bridgehead atoms. The van der Waals surface area contributed by atoms with Crippen LogP contribution in [0.3, 0.4) is 0 Å². The monoisotopic (exact) mass is 330 g/mol. The lowest BCUT2D eigenvalue weighted by Crippen LogP contribution is -1.86. The van der Waals surface area contributed by atoms with Crippen LogP contribution in [0.5, 0.6) is 11.5 Å². The average Bonchev–Trinajstić information content (AvgIpc) is 2.48. The molecular weight excluding hydrogens is 320 g/mol. The summed E-state index contributed by atoms with van der Waals surface area (Å²) >= 11 is 3.27. The van der Waals surface area contributed by atoms with Crippen LogP contribution in [-0.2, 0) is 0 Å². The van der Waals surface area contributed by atoms with Gasteiger partial charge >= 0.3 is 0 Å². The van der Waals surface area contributed by atoms with E-state index in [1.165, 1.54) is 13.3 Å². The van der Waals surface area contributed by atoms with Crippen LogP contribution >= 0.6 is 15.9 Å². The van der Waals surface area contributed by atoms with Gasteiger partial charge in [0.1, 0.15) is 6.07 Å². The lowest BCUT2D eigenvalue weighted by Gasteiger charge is -2.06. The van der Waals surface area contributed by atoms with E-state index >= 15 is 0 Å². The number of aromatic hydroxyl groups is 1. The number of phenolic OH excluding ortho intramolecular Hbond substituents is 1. The molecule has 0 saturated heterocycles. The highest BCUT2D eigenvalue weighted by Crippen LogP contribution is 2.35. The normalized spacial score (nSPS) is 10.4. The fourth-order valence-electron chi connectivity index (χ4n) is 1.68. The molecule has 20 heavy (non-hydrogen) atoms. The molecule has 0 atom stereocenters. The molecule has 0 fully saturated rings. The molecule has 1 N–H and O–H groups in total. The van der Waals surface area contributed by atoms with Gasteiger partial charge in [-0.2, -0.15) is 5.26 Å². The Hall–Kier alpha value is -2.32. The van der Waals surface area contributed by atoms with Gasteiger partial charge in [-0.3, -0.25) is 4.98 Å². The van der Waals surface area contributed by atoms with Crippen LogP contribution in [0.1, 0.15) is 16.7 Å². The second kappa shape index (κ2) is 6.22. The predicted octanol–water partition coefficient (Wildman–Crippen LogP) is 3.60. The van der Waals surface area contributed by atoms with Gasteiger partial charge in [0, 0.05) is 12.4 Å². The zero-order valence-corrected chi connectivity index (χ0v) is 12.3. The highest BCUT2D eigenvalue weighted by Gasteiger charge is 2.07. The van der Waals surface area contributed by atoms with E-state index in [0.717, 1.165) is 11.1 Å². The first kappa shape index (κ1) is 14.1. The number of ether oxygens (including phenoxy) is 1. The number of hydrogen-bond acceptors (Lipinski definition) is 4. The first-order chi connectivity index (χ1) is 9.65. The second-order valence-electron chi connectivity index (χ2n) is 3.96. The van der Waals surface area contributed by atoms with Crippen LogP contribution in [0.4, 0.5) is 0 Å². The van der Waals surface area contributed by atoms with E-state index in [1.807, 2.05) is 12.2 Å². The Morgan fingerprint density at radius 1 is 1.40 bits per heavy atom. The van der Waals surface area contributed by atoms with E-state index in [2.05, 4.69) is 27.0 Å². The highest BCUT2D eigenvalue weighted by molar-refractivity contribution is 9.10. The lowest BCUT2D eigenvalue weighted by atomic mass is 10.1. The SMILES string of the molecule is COc1cc(C=Cc2ccncc2C#N)cc(Br)c1O. The summed E-state index contributed by atoms with van der Waals surface area (Å²) in [6, 6.07) is 7.33. The van der Waals surface area contributed by atoms with Gasteiger partial charge in [0.2, 0.25) is 0 Å². The second-order valence-corrected chi connectivity index (χ2v) is 4.82. The molecule has 1 aromatic heterocycles. The molecular formula is C15H11BrN2O2. The zero-order chi connectivity index (χ0) is 14.5. The minimum Gasteiger partial charge on any atom is -0.503 e. The summed E-state index contributed by atoms with van der Waals surface area (Å²) < 4.78 is 5.64. The Kier molecular flexibility index (Phi) is 4.38. The van der Waals surface area contributed by atoms with Crippen molar-refractivity contribution in [2.45, 2.75) is 0 Å². The van der Waals surface area contributed by atoms with E-state index < -0.39 is 0 Å². The van der Waals surface area contributed by atoms with Crippen molar-refractivity contribution >= 4 is 28.1 Å². The molecule has 1 heterocycles. The molecule has 5 heteroatoms. The van der Waals surface area contributed by atoms with Crippen molar-refractivity contribution in [3.05, 3.63) is 51.8 Å². The van der Waals surface area contributed by atoms with Crippen molar-refractivity contribution in [1.82, 2.24) is 4.98 Å². The van der Waals surface area contributed by atoms with E-state index in [0.29, 0.717) is 15.8 Å². The number of nitriles is 1. The number of aromatic nitrogens is 1. The maximum absolute atomic E-state index is 9.74. The smallest absolute Gasteiger partial charge is 0.172 e. The molecule has 0 spiro atoms. The van der Waals surface area contributed by atoms with Gasteiger partial charge in [-0.1, -0.05) is 12.2 Å². The molecule has 4 nitrogen and oxygen atoms in total. The molecule has 0 aliphatic heterocycles. The average molecular weight is 331 g/mol. The summed E-state index contributed by atoms with van der Waals surface area (Å²) in [6.45, 7) is 0.